The normalized spacial score (nSPS) is 10.8. The highest BCUT2D eigenvalue weighted by molar-refractivity contribution is 9.10. The van der Waals surface area contributed by atoms with E-state index in [1.54, 1.807) is 20.4 Å². The number of nitrogens with one attached hydrogen (secondary N) is 1. The van der Waals surface area contributed by atoms with Crippen LogP contribution < -0.4 is 24.4 Å². The van der Waals surface area contributed by atoms with Crippen molar-refractivity contribution in [3.63, 3.8) is 0 Å². The van der Waals surface area contributed by atoms with E-state index in [0.717, 1.165) is 29.4 Å². The molecule has 192 valence electrons. The summed E-state index contributed by atoms with van der Waals surface area (Å²) >= 11 is 3.66. The number of rotatable bonds is 11. The van der Waals surface area contributed by atoms with Gasteiger partial charge in [-0.15, -0.1) is 0 Å². The Kier molecular flexibility index (Phi) is 8.81. The minimum Gasteiger partial charge on any atom is -0.495 e. The lowest BCUT2D eigenvalue weighted by Crippen LogP contribution is -2.19. The molecule has 9 heteroatoms. The summed E-state index contributed by atoms with van der Waals surface area (Å²) in [5.74, 6) is 3.20. The second-order valence-corrected chi connectivity index (χ2v) is 9.20. The summed E-state index contributed by atoms with van der Waals surface area (Å²) in [7, 11) is 7.33. The van der Waals surface area contributed by atoms with E-state index < -0.39 is 0 Å². The number of likely N-dealkylation sites (N-methyl/N-ethyl adjacent to an activating group) is 1. The zero-order chi connectivity index (χ0) is 26.2. The molecule has 0 unspecified atom stereocenters. The van der Waals surface area contributed by atoms with Crippen LogP contribution in [-0.2, 0) is 0 Å². The predicted octanol–water partition coefficient (Wildman–Crippen LogP) is 6.41. The summed E-state index contributed by atoms with van der Waals surface area (Å²) in [5, 5.41) is 3.30. The number of ether oxygens (including phenoxy) is 3. The average Bonchev–Trinajstić information content (AvgIpc) is 2.91. The number of aromatic nitrogens is 2. The van der Waals surface area contributed by atoms with Crippen LogP contribution in [0.25, 0.3) is 0 Å². The molecule has 0 atom stereocenters. The van der Waals surface area contributed by atoms with Crippen LogP contribution in [0.3, 0.4) is 0 Å². The van der Waals surface area contributed by atoms with Crippen molar-refractivity contribution in [1.82, 2.24) is 14.9 Å². The fraction of sp³-hybridized carbons (Fsp3) is 0.214. The molecule has 0 radical (unpaired) electrons. The Morgan fingerprint density at radius 3 is 2.14 bits per heavy atom. The monoisotopic (exact) mass is 563 g/mol. The topological polar surface area (TPSA) is 72.0 Å². The Hall–Kier alpha value is -3.82. The second-order valence-electron chi connectivity index (χ2n) is 8.35. The number of anilines is 5. The summed E-state index contributed by atoms with van der Waals surface area (Å²) in [6.45, 7) is 1.43. The van der Waals surface area contributed by atoms with Gasteiger partial charge in [-0.2, -0.15) is 4.98 Å². The molecule has 0 bridgehead atoms. The third-order valence-electron chi connectivity index (χ3n) is 5.49. The third-order valence-corrected chi connectivity index (χ3v) is 6.05. The maximum Gasteiger partial charge on any atom is 0.229 e. The SMILES string of the molecule is COc1ccccc1N(c1ccccc1OC)c1nc(Nc2cccc(OCCN(C)C)c2)ncc1Br. The quantitative estimate of drug-likeness (QED) is 0.224. The van der Waals surface area contributed by atoms with Crippen molar-refractivity contribution in [2.75, 3.05) is 51.7 Å². The van der Waals surface area contributed by atoms with Gasteiger partial charge in [0.1, 0.15) is 23.9 Å². The molecular weight excluding hydrogens is 534 g/mol. The predicted molar refractivity (Wildman–Crippen MR) is 151 cm³/mol. The molecule has 1 aromatic heterocycles. The van der Waals surface area contributed by atoms with Crippen LogP contribution in [0.4, 0.5) is 28.8 Å². The smallest absolute Gasteiger partial charge is 0.229 e. The summed E-state index contributed by atoms with van der Waals surface area (Å²) in [6.07, 6.45) is 1.72. The molecule has 0 amide bonds. The van der Waals surface area contributed by atoms with Crippen LogP contribution in [0.15, 0.2) is 83.5 Å². The highest BCUT2D eigenvalue weighted by Crippen LogP contribution is 2.45. The molecule has 4 aromatic rings. The summed E-state index contributed by atoms with van der Waals surface area (Å²) in [6, 6.07) is 23.3. The number of hydrogen-bond acceptors (Lipinski definition) is 8. The van der Waals surface area contributed by atoms with E-state index in [1.165, 1.54) is 0 Å². The van der Waals surface area contributed by atoms with Crippen molar-refractivity contribution in [1.29, 1.82) is 0 Å². The number of halogens is 1. The van der Waals surface area contributed by atoms with Crippen LogP contribution >= 0.6 is 15.9 Å². The summed E-state index contributed by atoms with van der Waals surface area (Å²) in [4.78, 5) is 13.4. The van der Waals surface area contributed by atoms with E-state index in [1.807, 2.05) is 91.8 Å². The van der Waals surface area contributed by atoms with Crippen LogP contribution in [0.5, 0.6) is 17.2 Å². The van der Waals surface area contributed by atoms with Gasteiger partial charge in [0.2, 0.25) is 5.95 Å². The standard InChI is InChI=1S/C28H30BrN5O3/c1-33(2)16-17-37-21-11-9-10-20(18-21)31-28-30-19-22(29)27(32-28)34(23-12-5-7-14-25(23)35-3)24-13-6-8-15-26(24)36-4/h5-15,18-19H,16-17H2,1-4H3,(H,30,31,32). The lowest BCUT2D eigenvalue weighted by molar-refractivity contribution is 0.261. The zero-order valence-corrected chi connectivity index (χ0v) is 22.9. The maximum atomic E-state index is 5.88. The van der Waals surface area contributed by atoms with Gasteiger partial charge in [0.25, 0.3) is 0 Å². The number of para-hydroxylation sites is 4. The molecule has 0 aliphatic heterocycles. The summed E-state index contributed by atoms with van der Waals surface area (Å²) < 4.78 is 18.0. The Morgan fingerprint density at radius 1 is 0.865 bits per heavy atom. The summed E-state index contributed by atoms with van der Waals surface area (Å²) in [5.41, 5.74) is 2.42. The van der Waals surface area contributed by atoms with Gasteiger partial charge in [0, 0.05) is 24.5 Å². The van der Waals surface area contributed by atoms with E-state index in [-0.39, 0.29) is 0 Å². The van der Waals surface area contributed by atoms with Gasteiger partial charge in [-0.1, -0.05) is 30.3 Å². The number of methoxy groups -OCH3 is 2. The molecular formula is C28H30BrN5O3. The third kappa shape index (κ3) is 6.49. The molecule has 4 rings (SSSR count). The van der Waals surface area contributed by atoms with E-state index in [4.69, 9.17) is 19.2 Å². The molecule has 1 N–H and O–H groups in total. The van der Waals surface area contributed by atoms with Crippen molar-refractivity contribution < 1.29 is 14.2 Å². The van der Waals surface area contributed by atoms with E-state index in [2.05, 4.69) is 31.1 Å². The zero-order valence-electron chi connectivity index (χ0n) is 21.3. The van der Waals surface area contributed by atoms with Crippen molar-refractivity contribution in [3.05, 3.63) is 83.5 Å². The molecule has 0 spiro atoms. The fourth-order valence-electron chi connectivity index (χ4n) is 3.70. The first kappa shape index (κ1) is 26.2. The van der Waals surface area contributed by atoms with E-state index in [0.29, 0.717) is 34.3 Å². The highest BCUT2D eigenvalue weighted by Gasteiger charge is 2.23. The minimum absolute atomic E-state index is 0.429. The molecule has 8 nitrogen and oxygen atoms in total. The Morgan fingerprint density at radius 2 is 1.51 bits per heavy atom. The van der Waals surface area contributed by atoms with E-state index in [9.17, 15) is 0 Å². The minimum atomic E-state index is 0.429. The van der Waals surface area contributed by atoms with Gasteiger partial charge in [-0.05, 0) is 66.4 Å². The van der Waals surface area contributed by atoms with Crippen molar-refractivity contribution in [3.8, 4) is 17.2 Å². The average molecular weight is 564 g/mol. The first-order chi connectivity index (χ1) is 18.0. The second kappa shape index (κ2) is 12.4. The number of hydrogen-bond donors (Lipinski definition) is 1. The molecule has 1 heterocycles. The van der Waals surface area contributed by atoms with Crippen LogP contribution in [0, 0.1) is 0 Å². The first-order valence-corrected chi connectivity index (χ1v) is 12.5. The molecule has 37 heavy (non-hydrogen) atoms. The van der Waals surface area contributed by atoms with E-state index >= 15 is 0 Å². The molecule has 0 saturated carbocycles. The van der Waals surface area contributed by atoms with Crippen molar-refractivity contribution in [2.45, 2.75) is 0 Å². The molecule has 0 aliphatic rings. The van der Waals surface area contributed by atoms with Gasteiger partial charge in [-0.3, -0.25) is 4.90 Å². The van der Waals surface area contributed by atoms with Gasteiger partial charge in [0.15, 0.2) is 5.82 Å². The molecule has 0 aliphatic carbocycles. The lowest BCUT2D eigenvalue weighted by atomic mass is 10.2. The van der Waals surface area contributed by atoms with Crippen LogP contribution in [-0.4, -0.2) is 56.3 Å². The number of benzene rings is 3. The maximum absolute atomic E-state index is 5.88. The Labute approximate surface area is 226 Å². The molecule has 3 aromatic carbocycles. The van der Waals surface area contributed by atoms with Crippen LogP contribution in [0.2, 0.25) is 0 Å². The van der Waals surface area contributed by atoms with Crippen molar-refractivity contribution >= 4 is 44.8 Å². The molecule has 0 saturated heterocycles. The lowest BCUT2D eigenvalue weighted by Gasteiger charge is -2.28. The largest absolute Gasteiger partial charge is 0.495 e. The highest BCUT2D eigenvalue weighted by atomic mass is 79.9. The Balaban J connectivity index is 1.72. The van der Waals surface area contributed by atoms with Gasteiger partial charge in [0.05, 0.1) is 30.1 Å². The van der Waals surface area contributed by atoms with Gasteiger partial charge in [-0.25, -0.2) is 4.98 Å². The number of nitrogens with zero attached hydrogens (tertiary/aromatic N) is 4. The molecule has 0 fully saturated rings. The Bertz CT molecular complexity index is 1290. The van der Waals surface area contributed by atoms with Crippen molar-refractivity contribution in [2.24, 2.45) is 0 Å². The fourth-order valence-corrected chi connectivity index (χ4v) is 4.07. The van der Waals surface area contributed by atoms with Gasteiger partial charge >= 0.3 is 0 Å². The van der Waals surface area contributed by atoms with Crippen LogP contribution in [0.1, 0.15) is 0 Å². The van der Waals surface area contributed by atoms with Gasteiger partial charge < -0.3 is 24.4 Å². The first-order valence-electron chi connectivity index (χ1n) is 11.7.